The van der Waals surface area contributed by atoms with Gasteiger partial charge in [-0.05, 0) is 6.42 Å². The predicted molar refractivity (Wildman–Crippen MR) is 72.7 cm³/mol. The van der Waals surface area contributed by atoms with Crippen molar-refractivity contribution in [1.29, 1.82) is 0 Å². The van der Waals surface area contributed by atoms with Gasteiger partial charge in [0.25, 0.3) is 10.0 Å². The highest BCUT2D eigenvalue weighted by Gasteiger charge is 2.28. The van der Waals surface area contributed by atoms with Crippen molar-refractivity contribution in [3.8, 4) is 0 Å². The molecule has 0 amide bonds. The van der Waals surface area contributed by atoms with Crippen molar-refractivity contribution in [2.24, 2.45) is 0 Å². The van der Waals surface area contributed by atoms with Crippen LogP contribution in [0.5, 0.6) is 0 Å². The van der Waals surface area contributed by atoms with Gasteiger partial charge in [-0.25, -0.2) is 13.4 Å². The SMILES string of the molecule is CCCN(C)S(=O)(=O)c1c(NC)nc2sccn12. The fourth-order valence-corrected chi connectivity index (χ4v) is 4.03. The smallest absolute Gasteiger partial charge is 0.262 e. The van der Waals surface area contributed by atoms with Gasteiger partial charge in [-0.3, -0.25) is 4.40 Å². The van der Waals surface area contributed by atoms with E-state index in [0.29, 0.717) is 17.3 Å². The van der Waals surface area contributed by atoms with E-state index in [0.717, 1.165) is 6.42 Å². The number of nitrogens with one attached hydrogen (secondary N) is 1. The van der Waals surface area contributed by atoms with E-state index in [-0.39, 0.29) is 5.03 Å². The van der Waals surface area contributed by atoms with Crippen LogP contribution in [0.15, 0.2) is 16.6 Å². The van der Waals surface area contributed by atoms with Crippen LogP contribution in [0, 0.1) is 0 Å². The van der Waals surface area contributed by atoms with Crippen LogP contribution in [0.3, 0.4) is 0 Å². The van der Waals surface area contributed by atoms with E-state index in [1.807, 2.05) is 12.3 Å². The molecule has 0 aliphatic rings. The summed E-state index contributed by atoms with van der Waals surface area (Å²) in [5, 5.41) is 4.87. The number of aromatic nitrogens is 2. The van der Waals surface area contributed by atoms with Crippen LogP contribution in [0.4, 0.5) is 5.82 Å². The minimum atomic E-state index is -3.52. The van der Waals surface area contributed by atoms with Crippen LogP contribution in [0.25, 0.3) is 4.96 Å². The van der Waals surface area contributed by atoms with Gasteiger partial charge < -0.3 is 5.32 Å². The number of nitrogens with zero attached hydrogens (tertiary/aromatic N) is 3. The first-order valence-electron chi connectivity index (χ1n) is 5.62. The second-order valence-electron chi connectivity index (χ2n) is 3.90. The van der Waals surface area contributed by atoms with Gasteiger partial charge in [0.15, 0.2) is 15.8 Å². The van der Waals surface area contributed by atoms with Gasteiger partial charge in [0, 0.05) is 32.2 Å². The van der Waals surface area contributed by atoms with E-state index in [4.69, 9.17) is 0 Å². The van der Waals surface area contributed by atoms with Crippen LogP contribution in [0.1, 0.15) is 13.3 Å². The maximum absolute atomic E-state index is 12.5. The number of anilines is 1. The summed E-state index contributed by atoms with van der Waals surface area (Å²) in [5.41, 5.74) is 0. The monoisotopic (exact) mass is 288 g/mol. The Kier molecular flexibility index (Phi) is 3.60. The molecule has 1 N–H and O–H groups in total. The first kappa shape index (κ1) is 13.3. The molecule has 2 aromatic rings. The van der Waals surface area contributed by atoms with Crippen LogP contribution in [-0.4, -0.2) is 42.7 Å². The Hall–Kier alpha value is -1.12. The molecule has 2 rings (SSSR count). The van der Waals surface area contributed by atoms with Crippen molar-refractivity contribution >= 4 is 32.1 Å². The molecule has 0 aromatic carbocycles. The van der Waals surface area contributed by atoms with Crippen molar-refractivity contribution < 1.29 is 8.42 Å². The summed E-state index contributed by atoms with van der Waals surface area (Å²) in [6.45, 7) is 2.43. The molecule has 8 heteroatoms. The minimum Gasteiger partial charge on any atom is -0.371 e. The zero-order valence-electron chi connectivity index (χ0n) is 10.5. The molecule has 0 saturated heterocycles. The lowest BCUT2D eigenvalue weighted by Gasteiger charge is -2.16. The average molecular weight is 288 g/mol. The highest BCUT2D eigenvalue weighted by Crippen LogP contribution is 2.27. The molecule has 0 saturated carbocycles. The van der Waals surface area contributed by atoms with Crippen molar-refractivity contribution in [2.75, 3.05) is 26.0 Å². The largest absolute Gasteiger partial charge is 0.371 e. The van der Waals surface area contributed by atoms with Crippen molar-refractivity contribution in [1.82, 2.24) is 13.7 Å². The third-order valence-corrected chi connectivity index (χ3v) is 5.29. The number of sulfonamides is 1. The van der Waals surface area contributed by atoms with Crippen LogP contribution >= 0.6 is 11.3 Å². The summed E-state index contributed by atoms with van der Waals surface area (Å²) in [7, 11) is -0.260. The second-order valence-corrected chi connectivity index (χ2v) is 6.73. The van der Waals surface area contributed by atoms with E-state index in [2.05, 4.69) is 10.3 Å². The van der Waals surface area contributed by atoms with Crippen molar-refractivity contribution in [3.05, 3.63) is 11.6 Å². The lowest BCUT2D eigenvalue weighted by molar-refractivity contribution is 0.465. The average Bonchev–Trinajstić information content (AvgIpc) is 2.87. The Labute approximate surface area is 110 Å². The van der Waals surface area contributed by atoms with E-state index in [1.165, 1.54) is 15.6 Å². The molecule has 6 nitrogen and oxygen atoms in total. The summed E-state index contributed by atoms with van der Waals surface area (Å²) < 4.78 is 28.0. The van der Waals surface area contributed by atoms with Gasteiger partial charge in [0.05, 0.1) is 0 Å². The zero-order chi connectivity index (χ0) is 13.3. The molecule has 0 radical (unpaired) electrons. The van der Waals surface area contributed by atoms with E-state index < -0.39 is 10.0 Å². The van der Waals surface area contributed by atoms with Crippen LogP contribution in [0.2, 0.25) is 0 Å². The van der Waals surface area contributed by atoms with Crippen molar-refractivity contribution in [3.63, 3.8) is 0 Å². The summed E-state index contributed by atoms with van der Waals surface area (Å²) in [6.07, 6.45) is 2.50. The van der Waals surface area contributed by atoms with Gasteiger partial charge in [-0.15, -0.1) is 11.3 Å². The lowest BCUT2D eigenvalue weighted by Crippen LogP contribution is -2.29. The molecule has 0 fully saturated rings. The standard InChI is InChI=1S/C10H16N4O2S2/c1-4-5-13(3)18(15,16)9-8(11-2)12-10-14(9)6-7-17-10/h6-7,11H,4-5H2,1-3H3. The Balaban J connectivity index is 2.61. The molecule has 2 aromatic heterocycles. The van der Waals surface area contributed by atoms with E-state index >= 15 is 0 Å². The molecule has 0 atom stereocenters. The van der Waals surface area contributed by atoms with Gasteiger partial charge in [0.1, 0.15) is 0 Å². The molecule has 0 bridgehead atoms. The van der Waals surface area contributed by atoms with Gasteiger partial charge in [0.2, 0.25) is 0 Å². The topological polar surface area (TPSA) is 66.7 Å². The summed E-state index contributed by atoms with van der Waals surface area (Å²) >= 11 is 1.41. The maximum atomic E-state index is 12.5. The van der Waals surface area contributed by atoms with Crippen LogP contribution in [-0.2, 0) is 10.0 Å². The Bertz CT molecular complexity index is 644. The van der Waals surface area contributed by atoms with Crippen molar-refractivity contribution in [2.45, 2.75) is 18.4 Å². The molecule has 100 valence electrons. The molecule has 0 aliphatic heterocycles. The second kappa shape index (κ2) is 4.87. The quantitative estimate of drug-likeness (QED) is 0.904. The van der Waals surface area contributed by atoms with Gasteiger partial charge in [-0.1, -0.05) is 6.92 Å². The normalized spacial score (nSPS) is 12.4. The van der Waals surface area contributed by atoms with E-state index in [1.54, 1.807) is 24.7 Å². The maximum Gasteiger partial charge on any atom is 0.262 e. The Morgan fingerprint density at radius 2 is 2.28 bits per heavy atom. The molecular formula is C10H16N4O2S2. The summed E-state index contributed by atoms with van der Waals surface area (Å²) in [5.74, 6) is 0.393. The summed E-state index contributed by atoms with van der Waals surface area (Å²) in [6, 6.07) is 0. The molecule has 18 heavy (non-hydrogen) atoms. The number of imidazole rings is 1. The molecule has 0 unspecified atom stereocenters. The summed E-state index contributed by atoms with van der Waals surface area (Å²) in [4.78, 5) is 4.93. The molecule has 2 heterocycles. The number of rotatable bonds is 5. The van der Waals surface area contributed by atoms with E-state index in [9.17, 15) is 8.42 Å². The molecular weight excluding hydrogens is 272 g/mol. The Morgan fingerprint density at radius 1 is 1.56 bits per heavy atom. The molecule has 0 spiro atoms. The first-order valence-corrected chi connectivity index (χ1v) is 7.94. The number of hydrogen-bond donors (Lipinski definition) is 1. The first-order chi connectivity index (χ1) is 8.52. The Morgan fingerprint density at radius 3 is 2.89 bits per heavy atom. The number of hydrogen-bond acceptors (Lipinski definition) is 5. The fourth-order valence-electron chi connectivity index (χ4n) is 1.76. The minimum absolute atomic E-state index is 0.206. The fraction of sp³-hybridized carbons (Fsp3) is 0.500. The molecule has 0 aliphatic carbocycles. The van der Waals surface area contributed by atoms with Gasteiger partial charge in [-0.2, -0.15) is 4.31 Å². The highest BCUT2D eigenvalue weighted by molar-refractivity contribution is 7.89. The third kappa shape index (κ3) is 2.00. The number of fused-ring (bicyclic) bond motifs is 1. The lowest BCUT2D eigenvalue weighted by atomic mass is 10.5. The third-order valence-electron chi connectivity index (χ3n) is 2.65. The van der Waals surface area contributed by atoms with Crippen LogP contribution < -0.4 is 5.32 Å². The number of thiazole rings is 1. The zero-order valence-corrected chi connectivity index (χ0v) is 12.2. The predicted octanol–water partition coefficient (Wildman–Crippen LogP) is 1.47. The highest BCUT2D eigenvalue weighted by atomic mass is 32.2. The van der Waals surface area contributed by atoms with Gasteiger partial charge >= 0.3 is 0 Å².